The first kappa shape index (κ1) is 20.5. The molecule has 22 heavy (non-hydrogen) atoms. The van der Waals surface area contributed by atoms with Gasteiger partial charge in [-0.05, 0) is 36.3 Å². The molecule has 2 N–H and O–H groups in total. The third kappa shape index (κ3) is 8.08. The normalized spacial score (nSPS) is 13.1. The van der Waals surface area contributed by atoms with Crippen molar-refractivity contribution in [2.45, 2.75) is 13.8 Å². The van der Waals surface area contributed by atoms with E-state index >= 15 is 0 Å². The summed E-state index contributed by atoms with van der Waals surface area (Å²) in [6, 6.07) is 3.50. The molecule has 1 rings (SSSR count). The fraction of sp³-hybridized carbons (Fsp3) is 0.333. The van der Waals surface area contributed by atoms with Gasteiger partial charge in [0.15, 0.2) is 5.76 Å². The van der Waals surface area contributed by atoms with Crippen molar-refractivity contribution >= 4 is 47.5 Å². The van der Waals surface area contributed by atoms with Gasteiger partial charge in [-0.25, -0.2) is 0 Å². The second-order valence-electron chi connectivity index (χ2n) is 3.52. The summed E-state index contributed by atoms with van der Waals surface area (Å²) in [5, 5.41) is 8.65. The van der Waals surface area contributed by atoms with Crippen LogP contribution in [-0.4, -0.2) is 35.4 Å². The second-order valence-corrected chi connectivity index (χ2v) is 4.29. The van der Waals surface area contributed by atoms with Crippen molar-refractivity contribution < 1.29 is 21.5 Å². The van der Waals surface area contributed by atoms with Crippen molar-refractivity contribution in [2.75, 3.05) is 13.1 Å². The quantitative estimate of drug-likeness (QED) is 0.250. The minimum atomic E-state index is 0. The number of nitrogens with zero attached hydrogens (tertiary/aromatic N) is 4. The number of aliphatic imine (C=N–C) groups is 2. The van der Waals surface area contributed by atoms with Crippen LogP contribution >= 0.6 is 0 Å². The molecular weight excluding hydrogens is 372 g/mol. The Balaban J connectivity index is 0.00000441. The summed E-state index contributed by atoms with van der Waals surface area (Å²) in [6.07, 6.45) is 3.00. The summed E-state index contributed by atoms with van der Waals surface area (Å²) in [7, 11) is 0. The molecule has 0 aliphatic heterocycles. The van der Waals surface area contributed by atoms with Crippen LogP contribution in [0.5, 0.6) is 0 Å². The zero-order valence-electron chi connectivity index (χ0n) is 12.0. The molecule has 0 aliphatic carbocycles. The molecule has 0 aromatic carbocycles. The maximum Gasteiger partial charge on any atom is 2.00 e. The van der Waals surface area contributed by atoms with E-state index < -0.39 is 0 Å². The molecule has 10 heteroatoms. The smallest absolute Gasteiger partial charge is 0.741 e. The topological polar surface area (TPSA) is 86.6 Å². The number of furan rings is 1. The van der Waals surface area contributed by atoms with Gasteiger partial charge in [-0.2, -0.15) is 10.2 Å². The van der Waals surface area contributed by atoms with Crippen LogP contribution in [0.1, 0.15) is 19.6 Å². The summed E-state index contributed by atoms with van der Waals surface area (Å²) in [4.78, 5) is 7.97. The molecule has 1 aromatic heterocycles. The van der Waals surface area contributed by atoms with Crippen molar-refractivity contribution in [1.82, 2.24) is 10.9 Å². The maximum absolute atomic E-state index is 5.27. The van der Waals surface area contributed by atoms with Crippen LogP contribution in [0.2, 0.25) is 0 Å². The van der Waals surface area contributed by atoms with E-state index in [-0.39, 0.29) is 17.1 Å². The zero-order valence-corrected chi connectivity index (χ0v) is 14.6. The Bertz CT molecular complexity index is 542. The number of amidine groups is 2. The van der Waals surface area contributed by atoms with Crippen LogP contribution < -0.4 is 10.9 Å². The Hall–Kier alpha value is -1.48. The van der Waals surface area contributed by atoms with Crippen LogP contribution in [-0.2, 0) is 42.3 Å². The van der Waals surface area contributed by atoms with Gasteiger partial charge in [0.25, 0.3) is 0 Å². The summed E-state index contributed by atoms with van der Waals surface area (Å²) in [5.74, 6) is 0.533. The molecule has 0 atom stereocenters. The first-order valence-corrected chi connectivity index (χ1v) is 7.08. The maximum atomic E-state index is 5.27. The van der Waals surface area contributed by atoms with Crippen molar-refractivity contribution in [3.05, 3.63) is 24.2 Å². The van der Waals surface area contributed by atoms with Crippen molar-refractivity contribution in [3.63, 3.8) is 0 Å². The van der Waals surface area contributed by atoms with Gasteiger partial charge < -0.3 is 29.7 Å². The van der Waals surface area contributed by atoms with E-state index in [1.807, 2.05) is 13.8 Å². The van der Waals surface area contributed by atoms with Gasteiger partial charge in [0, 0.05) is 13.1 Å². The fourth-order valence-electron chi connectivity index (χ4n) is 1.19. The Kier molecular flexibility index (Phi) is 11.3. The molecule has 0 saturated carbocycles. The molecule has 0 saturated heterocycles. The molecule has 1 aromatic rings. The minimum Gasteiger partial charge on any atom is -0.741 e. The van der Waals surface area contributed by atoms with E-state index in [9.17, 15) is 0 Å². The average molecular weight is 388 g/mol. The Morgan fingerprint density at radius 1 is 1.18 bits per heavy atom. The Morgan fingerprint density at radius 3 is 2.36 bits per heavy atom. The molecule has 0 aliphatic rings. The third-order valence-electron chi connectivity index (χ3n) is 2.00. The number of hydrogen-bond donors (Lipinski definition) is 2. The molecule has 0 fully saturated rings. The second kappa shape index (κ2) is 12.1. The minimum absolute atomic E-state index is 0. The fourth-order valence-corrected chi connectivity index (χ4v) is 1.54. The molecular formula is C12H16CuN6OS2. The number of rotatable bonds is 6. The van der Waals surface area contributed by atoms with Gasteiger partial charge >= 0.3 is 17.1 Å². The predicted molar refractivity (Wildman–Crippen MR) is 90.7 cm³/mol. The van der Waals surface area contributed by atoms with Crippen LogP contribution in [0.3, 0.4) is 0 Å². The van der Waals surface area contributed by atoms with Crippen LogP contribution in [0, 0.1) is 0 Å². The zero-order chi connectivity index (χ0) is 15.5. The predicted octanol–water partition coefficient (Wildman–Crippen LogP) is 0.992. The van der Waals surface area contributed by atoms with Gasteiger partial charge in [0.1, 0.15) is 5.71 Å². The third-order valence-corrected chi connectivity index (χ3v) is 2.44. The summed E-state index contributed by atoms with van der Waals surface area (Å²) in [6.45, 7) is 4.94. The number of hydrazone groups is 2. The van der Waals surface area contributed by atoms with Gasteiger partial charge in [-0.15, -0.1) is 0 Å². The van der Waals surface area contributed by atoms with E-state index in [1.54, 1.807) is 12.1 Å². The van der Waals surface area contributed by atoms with Gasteiger partial charge in [0.05, 0.1) is 12.5 Å². The van der Waals surface area contributed by atoms with Crippen LogP contribution in [0.4, 0.5) is 0 Å². The van der Waals surface area contributed by atoms with Crippen LogP contribution in [0.15, 0.2) is 43.0 Å². The monoisotopic (exact) mass is 387 g/mol. The van der Waals surface area contributed by atoms with Gasteiger partial charge in [0.2, 0.25) is 0 Å². The van der Waals surface area contributed by atoms with E-state index in [2.05, 4.69) is 31.0 Å². The largest absolute Gasteiger partial charge is 2.00 e. The molecule has 0 unspecified atom stereocenters. The van der Waals surface area contributed by atoms with E-state index in [0.29, 0.717) is 34.9 Å². The first-order valence-electron chi connectivity index (χ1n) is 6.26. The van der Waals surface area contributed by atoms with Gasteiger partial charge in [-0.1, -0.05) is 0 Å². The van der Waals surface area contributed by atoms with Crippen LogP contribution in [0.25, 0.3) is 0 Å². The first-order chi connectivity index (χ1) is 10.2. The van der Waals surface area contributed by atoms with E-state index in [4.69, 9.17) is 29.7 Å². The van der Waals surface area contributed by atoms with Crippen molar-refractivity contribution in [1.29, 1.82) is 0 Å². The standard InChI is InChI=1S/C12H18N6OS2.Cu/c1-3-13-11(20)17-15-8-9(10-6-5-7-19-10)16-18-12(21)14-4-2;/h5-8H,3-4H2,1-2H3,(H2,13,17,20)(H2,14,18,21);/q;+2/p-2/b15-8+,16-9-;. The Morgan fingerprint density at radius 2 is 1.82 bits per heavy atom. The van der Waals surface area contributed by atoms with Crippen molar-refractivity contribution in [3.8, 4) is 0 Å². The summed E-state index contributed by atoms with van der Waals surface area (Å²) in [5.41, 5.74) is 5.71. The molecule has 0 bridgehead atoms. The number of nitrogens with one attached hydrogen (secondary N) is 2. The SMILES string of the molecule is CCN=C([S-])N/N=C(/C=N/NC([S-])=NCC)c1ccco1.[Cu+2]. The molecule has 7 nitrogen and oxygen atoms in total. The van der Waals surface area contributed by atoms with Crippen molar-refractivity contribution in [2.24, 2.45) is 20.2 Å². The molecule has 0 spiro atoms. The van der Waals surface area contributed by atoms with Gasteiger partial charge in [-0.3, -0.25) is 20.8 Å². The molecule has 123 valence electrons. The molecule has 1 radical (unpaired) electrons. The molecule has 0 amide bonds. The molecule has 1 heterocycles. The summed E-state index contributed by atoms with van der Waals surface area (Å²) >= 11 is 9.92. The summed E-state index contributed by atoms with van der Waals surface area (Å²) < 4.78 is 5.27. The average Bonchev–Trinajstić information content (AvgIpc) is 2.97. The Labute approximate surface area is 151 Å². The number of hydrogen-bond acceptors (Lipinski definition) is 7. The van der Waals surface area contributed by atoms with E-state index in [1.165, 1.54) is 12.5 Å². The van der Waals surface area contributed by atoms with E-state index in [0.717, 1.165) is 0 Å².